The van der Waals surface area contributed by atoms with Gasteiger partial charge in [-0.15, -0.1) is 0 Å². The zero-order chi connectivity index (χ0) is 25.9. The number of alkyl halides is 3. The van der Waals surface area contributed by atoms with Crippen molar-refractivity contribution < 1.29 is 39.5 Å². The summed E-state index contributed by atoms with van der Waals surface area (Å²) in [6.07, 6.45) is -0.578. The van der Waals surface area contributed by atoms with Crippen LogP contribution in [0.4, 0.5) is 39.5 Å². The lowest BCUT2D eigenvalue weighted by atomic mass is 9.96. The lowest BCUT2D eigenvalue weighted by molar-refractivity contribution is -0.0696. The van der Waals surface area contributed by atoms with Crippen molar-refractivity contribution in [2.45, 2.75) is 25.9 Å². The summed E-state index contributed by atoms with van der Waals surface area (Å²) in [6, 6.07) is 4.07. The van der Waals surface area contributed by atoms with Crippen molar-refractivity contribution >= 4 is 0 Å². The molecule has 3 aromatic carbocycles. The first kappa shape index (κ1) is 25.9. The number of rotatable bonds is 5. The van der Waals surface area contributed by atoms with Crippen LogP contribution in [0.15, 0.2) is 48.6 Å². The Kier molecular flexibility index (Phi) is 7.64. The van der Waals surface area contributed by atoms with Crippen molar-refractivity contribution in [3.63, 3.8) is 0 Å². The number of hydrogen-bond acceptors (Lipinski definition) is 0. The fraction of sp³-hybridized carbons (Fsp3) is 0.154. The second-order valence-corrected chi connectivity index (χ2v) is 7.42. The summed E-state index contributed by atoms with van der Waals surface area (Å²) < 4.78 is 124. The van der Waals surface area contributed by atoms with E-state index in [1.54, 1.807) is 19.1 Å². The molecular formula is C26H15F9. The van der Waals surface area contributed by atoms with Crippen LogP contribution in [0.3, 0.4) is 0 Å². The highest BCUT2D eigenvalue weighted by Gasteiger charge is 2.24. The van der Waals surface area contributed by atoms with E-state index in [0.29, 0.717) is 48.6 Å². The molecule has 0 nitrogen and oxygen atoms in total. The van der Waals surface area contributed by atoms with Crippen molar-refractivity contribution in [3.8, 4) is 34.1 Å². The summed E-state index contributed by atoms with van der Waals surface area (Å²) in [5.41, 5.74) is -3.71. The number of benzene rings is 3. The third-order valence-electron chi connectivity index (χ3n) is 4.93. The number of hydrogen-bond donors (Lipinski definition) is 0. The monoisotopic (exact) mass is 498 g/mol. The second kappa shape index (κ2) is 10.3. The molecule has 0 atom stereocenters. The van der Waals surface area contributed by atoms with Crippen LogP contribution in [0.25, 0.3) is 22.3 Å². The van der Waals surface area contributed by atoms with Crippen molar-refractivity contribution in [1.29, 1.82) is 0 Å². The van der Waals surface area contributed by atoms with Crippen molar-refractivity contribution in [1.82, 2.24) is 0 Å². The summed E-state index contributed by atoms with van der Waals surface area (Å²) in [7, 11) is 0. The van der Waals surface area contributed by atoms with E-state index in [-0.39, 0.29) is 0 Å². The van der Waals surface area contributed by atoms with Gasteiger partial charge in [-0.25, -0.2) is 26.3 Å². The molecule has 182 valence electrons. The minimum Gasteiger partial charge on any atom is -0.206 e. The molecule has 0 saturated heterocycles. The second-order valence-electron chi connectivity index (χ2n) is 7.42. The third-order valence-corrected chi connectivity index (χ3v) is 4.93. The topological polar surface area (TPSA) is 0 Å². The number of halogens is 9. The van der Waals surface area contributed by atoms with E-state index >= 15 is 0 Å². The van der Waals surface area contributed by atoms with Crippen molar-refractivity contribution in [2.75, 3.05) is 0 Å². The Morgan fingerprint density at radius 1 is 0.686 bits per heavy atom. The zero-order valence-electron chi connectivity index (χ0n) is 17.9. The predicted molar refractivity (Wildman–Crippen MR) is 113 cm³/mol. The fourth-order valence-electron chi connectivity index (χ4n) is 3.43. The van der Waals surface area contributed by atoms with E-state index in [0.717, 1.165) is 12.1 Å². The Hall–Kier alpha value is -3.67. The maximum Gasteiger partial charge on any atom is 0.458 e. The van der Waals surface area contributed by atoms with Crippen LogP contribution in [0.5, 0.6) is 0 Å². The van der Waals surface area contributed by atoms with Gasteiger partial charge in [-0.3, -0.25) is 0 Å². The fourth-order valence-corrected chi connectivity index (χ4v) is 3.43. The average molecular weight is 498 g/mol. The van der Waals surface area contributed by atoms with Gasteiger partial charge in [-0.2, -0.15) is 13.2 Å². The summed E-state index contributed by atoms with van der Waals surface area (Å²) in [5.74, 6) is -6.08. The summed E-state index contributed by atoms with van der Waals surface area (Å²) in [4.78, 5) is 0. The van der Waals surface area contributed by atoms with Crippen LogP contribution < -0.4 is 0 Å². The van der Waals surface area contributed by atoms with Gasteiger partial charge in [0.2, 0.25) is 0 Å². The van der Waals surface area contributed by atoms with Crippen LogP contribution in [-0.2, 0) is 6.42 Å². The van der Waals surface area contributed by atoms with Crippen LogP contribution >= 0.6 is 0 Å². The van der Waals surface area contributed by atoms with Gasteiger partial charge in [0.25, 0.3) is 0 Å². The Morgan fingerprint density at radius 3 is 1.54 bits per heavy atom. The molecule has 0 aromatic heterocycles. The summed E-state index contributed by atoms with van der Waals surface area (Å²) in [5, 5.41) is 0. The van der Waals surface area contributed by atoms with Crippen LogP contribution in [-0.4, -0.2) is 6.18 Å². The minimum atomic E-state index is -5.01. The molecular weight excluding hydrogens is 483 g/mol. The predicted octanol–water partition coefficient (Wildman–Crippen LogP) is 8.28. The molecule has 0 amide bonds. The van der Waals surface area contributed by atoms with Crippen LogP contribution in [0.2, 0.25) is 0 Å². The van der Waals surface area contributed by atoms with Gasteiger partial charge in [0.1, 0.15) is 34.9 Å². The zero-order valence-corrected chi connectivity index (χ0v) is 17.9. The molecule has 0 saturated carbocycles. The molecule has 0 N–H and O–H groups in total. The van der Waals surface area contributed by atoms with E-state index in [1.807, 2.05) is 0 Å². The normalized spacial score (nSPS) is 11.6. The Bertz CT molecular complexity index is 1290. The van der Waals surface area contributed by atoms with Gasteiger partial charge in [-0.1, -0.05) is 18.1 Å². The molecule has 0 aliphatic heterocycles. The Morgan fingerprint density at radius 2 is 1.11 bits per heavy atom. The molecule has 0 aliphatic carbocycles. The smallest absolute Gasteiger partial charge is 0.206 e. The van der Waals surface area contributed by atoms with Crippen molar-refractivity contribution in [3.05, 3.63) is 94.6 Å². The molecule has 3 rings (SSSR count). The van der Waals surface area contributed by atoms with E-state index in [2.05, 4.69) is 0 Å². The first-order valence-corrected chi connectivity index (χ1v) is 10.1. The number of aryl methyl sites for hydroxylation is 1. The molecule has 0 unspecified atom stereocenters. The SMILES string of the molecule is C/C=C/CCc1cc(F)c(-c2cc(F)c(-c3cc(F)c(C#CC(F)(F)F)c(F)c3)c(F)c2)c(F)c1. The molecule has 9 heteroatoms. The largest absolute Gasteiger partial charge is 0.458 e. The number of allylic oxidation sites excluding steroid dienone is 2. The summed E-state index contributed by atoms with van der Waals surface area (Å²) in [6.45, 7) is 1.79. The van der Waals surface area contributed by atoms with E-state index in [4.69, 9.17) is 0 Å². The molecule has 0 bridgehead atoms. The highest BCUT2D eigenvalue weighted by atomic mass is 19.4. The van der Waals surface area contributed by atoms with Crippen LogP contribution in [0, 0.1) is 46.7 Å². The van der Waals surface area contributed by atoms with Crippen molar-refractivity contribution in [2.24, 2.45) is 0 Å². The molecule has 0 fully saturated rings. The van der Waals surface area contributed by atoms with Gasteiger partial charge in [-0.05, 0) is 72.9 Å². The quantitative estimate of drug-likeness (QED) is 0.189. The van der Waals surface area contributed by atoms with E-state index in [1.165, 1.54) is 5.92 Å². The molecule has 0 aliphatic rings. The molecule has 0 heterocycles. The summed E-state index contributed by atoms with van der Waals surface area (Å²) >= 11 is 0. The highest BCUT2D eigenvalue weighted by molar-refractivity contribution is 5.73. The van der Waals surface area contributed by atoms with Gasteiger partial charge < -0.3 is 0 Å². The third kappa shape index (κ3) is 6.07. The minimum absolute atomic E-state index is 0.332. The van der Waals surface area contributed by atoms with Gasteiger partial charge >= 0.3 is 6.18 Å². The Balaban J connectivity index is 2.04. The maximum atomic E-state index is 14.8. The lowest BCUT2D eigenvalue weighted by Crippen LogP contribution is -2.03. The average Bonchev–Trinajstić information content (AvgIpc) is 2.71. The van der Waals surface area contributed by atoms with Gasteiger partial charge in [0, 0.05) is 5.92 Å². The maximum absolute atomic E-state index is 14.8. The molecule has 0 radical (unpaired) electrons. The van der Waals surface area contributed by atoms with Crippen LogP contribution in [0.1, 0.15) is 24.5 Å². The van der Waals surface area contributed by atoms with E-state index in [9.17, 15) is 39.5 Å². The van der Waals surface area contributed by atoms with Gasteiger partial charge in [0.05, 0.1) is 16.7 Å². The van der Waals surface area contributed by atoms with Gasteiger partial charge in [0.15, 0.2) is 0 Å². The molecule has 3 aromatic rings. The highest BCUT2D eigenvalue weighted by Crippen LogP contribution is 2.35. The Labute approximate surface area is 194 Å². The first-order chi connectivity index (χ1) is 16.4. The molecule has 0 spiro atoms. The lowest BCUT2D eigenvalue weighted by Gasteiger charge is -2.12. The van der Waals surface area contributed by atoms with E-state index < -0.39 is 68.9 Å². The first-order valence-electron chi connectivity index (χ1n) is 10.1. The standard InChI is InChI=1S/C26H15F9/c1-2-3-4-5-14-8-20(29)24(21(30)9-14)16-12-22(31)25(23(32)13-16)15-10-18(27)17(19(28)11-15)6-7-26(33,34)35/h2-3,8-13H,4-5H2,1H3/b3-2+. The molecule has 35 heavy (non-hydrogen) atoms.